The smallest absolute Gasteiger partial charge is 0.354 e. The molecule has 3 rings (SSSR count). The molecule has 94 valence electrons. The first-order valence-corrected chi connectivity index (χ1v) is 6.16. The SMILES string of the molecule is Cc1cc(C(=O)O)nc2c1cnn2C(C)C1CC1. The van der Waals surface area contributed by atoms with E-state index in [0.717, 1.165) is 10.9 Å². The summed E-state index contributed by atoms with van der Waals surface area (Å²) in [5, 5.41) is 14.4. The number of hydrogen-bond donors (Lipinski definition) is 1. The number of aryl methyl sites for hydroxylation is 1. The summed E-state index contributed by atoms with van der Waals surface area (Å²) in [5.41, 5.74) is 1.68. The van der Waals surface area contributed by atoms with Crippen LogP contribution in [-0.2, 0) is 0 Å². The molecular formula is C13H15N3O2. The van der Waals surface area contributed by atoms with E-state index in [1.54, 1.807) is 12.3 Å². The van der Waals surface area contributed by atoms with E-state index in [1.807, 2.05) is 11.6 Å². The molecule has 1 fully saturated rings. The van der Waals surface area contributed by atoms with Crippen LogP contribution in [-0.4, -0.2) is 25.8 Å². The molecular weight excluding hydrogens is 230 g/mol. The van der Waals surface area contributed by atoms with E-state index in [9.17, 15) is 4.79 Å². The summed E-state index contributed by atoms with van der Waals surface area (Å²) >= 11 is 0. The van der Waals surface area contributed by atoms with Crippen molar-refractivity contribution in [1.29, 1.82) is 0 Å². The van der Waals surface area contributed by atoms with Gasteiger partial charge in [0.15, 0.2) is 11.3 Å². The largest absolute Gasteiger partial charge is 0.477 e. The number of hydrogen-bond acceptors (Lipinski definition) is 3. The van der Waals surface area contributed by atoms with Crippen LogP contribution in [0, 0.1) is 12.8 Å². The zero-order chi connectivity index (χ0) is 12.9. The highest BCUT2D eigenvalue weighted by Crippen LogP contribution is 2.40. The van der Waals surface area contributed by atoms with Crippen molar-refractivity contribution < 1.29 is 9.90 Å². The molecule has 2 heterocycles. The molecule has 0 bridgehead atoms. The zero-order valence-corrected chi connectivity index (χ0v) is 10.4. The molecule has 1 aliphatic carbocycles. The van der Waals surface area contributed by atoms with Crippen LogP contribution < -0.4 is 0 Å². The van der Waals surface area contributed by atoms with Gasteiger partial charge in [-0.1, -0.05) is 0 Å². The quantitative estimate of drug-likeness (QED) is 0.901. The van der Waals surface area contributed by atoms with Crippen LogP contribution in [0.5, 0.6) is 0 Å². The van der Waals surface area contributed by atoms with Gasteiger partial charge in [0.1, 0.15) is 0 Å². The summed E-state index contributed by atoms with van der Waals surface area (Å²) in [6, 6.07) is 1.89. The minimum atomic E-state index is -0.994. The second kappa shape index (κ2) is 3.80. The Morgan fingerprint density at radius 2 is 2.28 bits per heavy atom. The number of pyridine rings is 1. The van der Waals surface area contributed by atoms with Crippen molar-refractivity contribution in [3.63, 3.8) is 0 Å². The van der Waals surface area contributed by atoms with Crippen LogP contribution in [0.3, 0.4) is 0 Å². The van der Waals surface area contributed by atoms with E-state index in [0.29, 0.717) is 17.6 Å². The summed E-state index contributed by atoms with van der Waals surface area (Å²) < 4.78 is 1.87. The molecule has 2 aromatic heterocycles. The van der Waals surface area contributed by atoms with E-state index in [1.165, 1.54) is 12.8 Å². The molecule has 1 unspecified atom stereocenters. The van der Waals surface area contributed by atoms with E-state index < -0.39 is 5.97 Å². The Balaban J connectivity index is 2.18. The fourth-order valence-electron chi connectivity index (χ4n) is 2.36. The number of carboxylic acid groups (broad SMARTS) is 1. The molecule has 2 aromatic rings. The van der Waals surface area contributed by atoms with Gasteiger partial charge in [-0.05, 0) is 44.2 Å². The molecule has 1 N–H and O–H groups in total. The number of aromatic nitrogens is 3. The molecule has 5 heteroatoms. The number of nitrogens with zero attached hydrogens (tertiary/aromatic N) is 3. The highest BCUT2D eigenvalue weighted by molar-refractivity contribution is 5.90. The van der Waals surface area contributed by atoms with Crippen LogP contribution in [0.15, 0.2) is 12.3 Å². The van der Waals surface area contributed by atoms with Crippen molar-refractivity contribution in [2.45, 2.75) is 32.7 Å². The van der Waals surface area contributed by atoms with Crippen molar-refractivity contribution in [1.82, 2.24) is 14.8 Å². The number of aromatic carboxylic acids is 1. The monoisotopic (exact) mass is 245 g/mol. The lowest BCUT2D eigenvalue weighted by Crippen LogP contribution is -2.11. The Hall–Kier alpha value is -1.91. The van der Waals surface area contributed by atoms with Crippen LogP contribution >= 0.6 is 0 Å². The fourth-order valence-corrected chi connectivity index (χ4v) is 2.36. The number of fused-ring (bicyclic) bond motifs is 1. The maximum absolute atomic E-state index is 11.1. The third-order valence-corrected chi connectivity index (χ3v) is 3.68. The van der Waals surface area contributed by atoms with Gasteiger partial charge in [-0.2, -0.15) is 5.10 Å². The van der Waals surface area contributed by atoms with Crippen molar-refractivity contribution >= 4 is 17.0 Å². The zero-order valence-electron chi connectivity index (χ0n) is 10.4. The third-order valence-electron chi connectivity index (χ3n) is 3.68. The highest BCUT2D eigenvalue weighted by atomic mass is 16.4. The molecule has 0 saturated heterocycles. The van der Waals surface area contributed by atoms with E-state index >= 15 is 0 Å². The standard InChI is InChI=1S/C13H15N3O2/c1-7-5-11(13(17)18)15-12-10(7)6-14-16(12)8(2)9-3-4-9/h5-6,8-9H,3-4H2,1-2H3,(H,17,18). The minimum absolute atomic E-state index is 0.0877. The second-order valence-corrected chi connectivity index (χ2v) is 5.03. The van der Waals surface area contributed by atoms with Gasteiger partial charge in [0.05, 0.1) is 12.2 Å². The normalized spacial score (nSPS) is 17.0. The maximum Gasteiger partial charge on any atom is 0.354 e. The van der Waals surface area contributed by atoms with Gasteiger partial charge in [-0.3, -0.25) is 0 Å². The lowest BCUT2D eigenvalue weighted by atomic mass is 10.1. The Kier molecular flexibility index (Phi) is 2.36. The molecule has 0 aliphatic heterocycles. The summed E-state index contributed by atoms with van der Waals surface area (Å²) in [6.45, 7) is 4.01. The minimum Gasteiger partial charge on any atom is -0.477 e. The third kappa shape index (κ3) is 1.66. The molecule has 0 spiro atoms. The summed E-state index contributed by atoms with van der Waals surface area (Å²) in [4.78, 5) is 15.3. The van der Waals surface area contributed by atoms with Crippen molar-refractivity contribution in [2.75, 3.05) is 0 Å². The average molecular weight is 245 g/mol. The summed E-state index contributed by atoms with van der Waals surface area (Å²) in [5.74, 6) is -0.337. The fraction of sp³-hybridized carbons (Fsp3) is 0.462. The first-order chi connectivity index (χ1) is 8.58. The van der Waals surface area contributed by atoms with Gasteiger partial charge in [0.25, 0.3) is 0 Å². The van der Waals surface area contributed by atoms with Gasteiger partial charge < -0.3 is 5.11 Å². The van der Waals surface area contributed by atoms with Gasteiger partial charge >= 0.3 is 5.97 Å². The van der Waals surface area contributed by atoms with Crippen LogP contribution in [0.1, 0.15) is 41.9 Å². The predicted molar refractivity (Wildman–Crippen MR) is 66.7 cm³/mol. The van der Waals surface area contributed by atoms with E-state index in [2.05, 4.69) is 17.0 Å². The Bertz CT molecular complexity index is 628. The van der Waals surface area contributed by atoms with Crippen LogP contribution in [0.4, 0.5) is 0 Å². The van der Waals surface area contributed by atoms with Crippen molar-refractivity contribution in [2.24, 2.45) is 5.92 Å². The molecule has 0 aromatic carbocycles. The lowest BCUT2D eigenvalue weighted by molar-refractivity contribution is 0.0690. The topological polar surface area (TPSA) is 68.0 Å². The van der Waals surface area contributed by atoms with Crippen LogP contribution in [0.25, 0.3) is 11.0 Å². The summed E-state index contributed by atoms with van der Waals surface area (Å²) in [6.07, 6.45) is 4.22. The molecule has 18 heavy (non-hydrogen) atoms. The van der Waals surface area contributed by atoms with Gasteiger partial charge in [0, 0.05) is 5.39 Å². The average Bonchev–Trinajstić information content (AvgIpc) is 3.08. The molecule has 0 amide bonds. The Morgan fingerprint density at radius 3 is 2.89 bits per heavy atom. The van der Waals surface area contributed by atoms with Crippen molar-refractivity contribution in [3.8, 4) is 0 Å². The van der Waals surface area contributed by atoms with Gasteiger partial charge in [0.2, 0.25) is 0 Å². The molecule has 0 radical (unpaired) electrons. The lowest BCUT2D eigenvalue weighted by Gasteiger charge is -2.11. The Morgan fingerprint density at radius 1 is 1.56 bits per heavy atom. The summed E-state index contributed by atoms with van der Waals surface area (Å²) in [7, 11) is 0. The Labute approximate surface area is 104 Å². The second-order valence-electron chi connectivity index (χ2n) is 5.03. The van der Waals surface area contributed by atoms with E-state index in [-0.39, 0.29) is 5.69 Å². The number of carboxylic acids is 1. The molecule has 1 aliphatic rings. The maximum atomic E-state index is 11.1. The van der Waals surface area contributed by atoms with Gasteiger partial charge in [-0.25, -0.2) is 14.5 Å². The predicted octanol–water partition coefficient (Wildman–Crippen LogP) is 2.41. The van der Waals surface area contributed by atoms with E-state index in [4.69, 9.17) is 5.11 Å². The molecule has 1 saturated carbocycles. The number of carbonyl (C=O) groups is 1. The molecule has 1 atom stereocenters. The molecule has 5 nitrogen and oxygen atoms in total. The first-order valence-electron chi connectivity index (χ1n) is 6.16. The van der Waals surface area contributed by atoms with Gasteiger partial charge in [-0.15, -0.1) is 0 Å². The van der Waals surface area contributed by atoms with Crippen LogP contribution in [0.2, 0.25) is 0 Å². The first kappa shape index (κ1) is 11.2. The number of rotatable bonds is 3. The highest BCUT2D eigenvalue weighted by Gasteiger charge is 2.31. The van der Waals surface area contributed by atoms with Crippen molar-refractivity contribution in [3.05, 3.63) is 23.5 Å².